The molecule has 7 heteroatoms. The van der Waals surface area contributed by atoms with Gasteiger partial charge < -0.3 is 10.2 Å². The molecule has 1 N–H and O–H groups in total. The van der Waals surface area contributed by atoms with Crippen LogP contribution in [0, 0.1) is 18.7 Å². The molecule has 0 radical (unpaired) electrons. The summed E-state index contributed by atoms with van der Waals surface area (Å²) in [6.07, 6.45) is 0.104. The van der Waals surface area contributed by atoms with E-state index in [2.05, 4.69) is 5.32 Å². The Morgan fingerprint density at radius 2 is 2.00 bits per heavy atom. The number of carbonyl (C=O) groups is 2. The van der Waals surface area contributed by atoms with Crippen LogP contribution in [0.2, 0.25) is 10.0 Å². The summed E-state index contributed by atoms with van der Waals surface area (Å²) in [5.41, 5.74) is 1.89. The monoisotopic (exact) mass is 380 g/mol. The molecule has 3 rings (SSSR count). The molecule has 1 heterocycles. The van der Waals surface area contributed by atoms with Crippen LogP contribution >= 0.6 is 23.2 Å². The van der Waals surface area contributed by atoms with E-state index in [0.29, 0.717) is 16.4 Å². The number of halogens is 3. The number of benzene rings is 2. The molecule has 130 valence electrons. The van der Waals surface area contributed by atoms with Crippen LogP contribution in [0.5, 0.6) is 0 Å². The largest absolute Gasteiger partial charge is 0.326 e. The summed E-state index contributed by atoms with van der Waals surface area (Å²) in [7, 11) is 0. The van der Waals surface area contributed by atoms with E-state index >= 15 is 0 Å². The van der Waals surface area contributed by atoms with Gasteiger partial charge in [0.2, 0.25) is 11.8 Å². The van der Waals surface area contributed by atoms with Crippen molar-refractivity contribution in [1.82, 2.24) is 0 Å². The average molecular weight is 381 g/mol. The van der Waals surface area contributed by atoms with Crippen molar-refractivity contribution in [3.8, 4) is 0 Å². The van der Waals surface area contributed by atoms with Crippen molar-refractivity contribution in [3.63, 3.8) is 0 Å². The first-order chi connectivity index (χ1) is 11.9. The summed E-state index contributed by atoms with van der Waals surface area (Å²) in [6, 6.07) is 9.27. The van der Waals surface area contributed by atoms with E-state index in [1.54, 1.807) is 23.1 Å². The molecule has 0 saturated carbocycles. The van der Waals surface area contributed by atoms with Gasteiger partial charge in [-0.3, -0.25) is 9.59 Å². The average Bonchev–Trinajstić information content (AvgIpc) is 2.95. The highest BCUT2D eigenvalue weighted by molar-refractivity contribution is 6.32. The Balaban J connectivity index is 1.74. The van der Waals surface area contributed by atoms with Crippen LogP contribution in [0.3, 0.4) is 0 Å². The summed E-state index contributed by atoms with van der Waals surface area (Å²) >= 11 is 11.8. The highest BCUT2D eigenvalue weighted by Crippen LogP contribution is 2.32. The molecular formula is C18H15Cl2FN2O2. The van der Waals surface area contributed by atoms with Gasteiger partial charge in [-0.2, -0.15) is 0 Å². The van der Waals surface area contributed by atoms with Crippen LogP contribution in [0.15, 0.2) is 36.4 Å². The van der Waals surface area contributed by atoms with E-state index < -0.39 is 11.7 Å². The lowest BCUT2D eigenvalue weighted by Gasteiger charge is -2.19. The van der Waals surface area contributed by atoms with Crippen LogP contribution in [0.1, 0.15) is 12.0 Å². The smallest absolute Gasteiger partial charge is 0.229 e. The van der Waals surface area contributed by atoms with E-state index in [4.69, 9.17) is 23.2 Å². The van der Waals surface area contributed by atoms with Crippen molar-refractivity contribution in [2.75, 3.05) is 16.8 Å². The Morgan fingerprint density at radius 1 is 1.24 bits per heavy atom. The lowest BCUT2D eigenvalue weighted by atomic mass is 10.1. The number of anilines is 2. The number of hydrogen-bond acceptors (Lipinski definition) is 2. The first-order valence-electron chi connectivity index (χ1n) is 7.68. The SMILES string of the molecule is Cc1c(Cl)cccc1N1C[C@H](C(=O)Nc2ccc(F)c(Cl)c2)CC1=O. The Kier molecular flexibility index (Phi) is 4.97. The first-order valence-corrected chi connectivity index (χ1v) is 8.44. The number of amides is 2. The topological polar surface area (TPSA) is 49.4 Å². The molecule has 4 nitrogen and oxygen atoms in total. The van der Waals surface area contributed by atoms with Gasteiger partial charge in [0.05, 0.1) is 10.9 Å². The maximum atomic E-state index is 13.2. The van der Waals surface area contributed by atoms with Crippen molar-refractivity contribution in [3.05, 3.63) is 57.8 Å². The second-order valence-electron chi connectivity index (χ2n) is 5.91. The van der Waals surface area contributed by atoms with E-state index in [9.17, 15) is 14.0 Å². The predicted octanol–water partition coefficient (Wildman–Crippen LogP) is 4.43. The minimum absolute atomic E-state index is 0.0727. The van der Waals surface area contributed by atoms with Crippen molar-refractivity contribution in [2.24, 2.45) is 5.92 Å². The predicted molar refractivity (Wildman–Crippen MR) is 96.7 cm³/mol. The van der Waals surface area contributed by atoms with Crippen LogP contribution in [0.25, 0.3) is 0 Å². The maximum Gasteiger partial charge on any atom is 0.229 e. The molecule has 0 bridgehead atoms. The van der Waals surface area contributed by atoms with Crippen LogP contribution in [-0.2, 0) is 9.59 Å². The van der Waals surface area contributed by atoms with Gasteiger partial charge in [0.25, 0.3) is 0 Å². The molecule has 2 aromatic carbocycles. The van der Waals surface area contributed by atoms with Crippen LogP contribution < -0.4 is 10.2 Å². The second-order valence-corrected chi connectivity index (χ2v) is 6.72. The second kappa shape index (κ2) is 7.02. The molecule has 0 unspecified atom stereocenters. The fourth-order valence-corrected chi connectivity index (χ4v) is 3.17. The number of hydrogen-bond donors (Lipinski definition) is 1. The molecule has 1 aliphatic rings. The van der Waals surface area contributed by atoms with Gasteiger partial charge in [0.1, 0.15) is 5.82 Å². The lowest BCUT2D eigenvalue weighted by molar-refractivity contribution is -0.122. The molecule has 2 aromatic rings. The minimum Gasteiger partial charge on any atom is -0.326 e. The fourth-order valence-electron chi connectivity index (χ4n) is 2.82. The summed E-state index contributed by atoms with van der Waals surface area (Å²) in [5, 5.41) is 3.17. The van der Waals surface area contributed by atoms with Crippen molar-refractivity contribution < 1.29 is 14.0 Å². The summed E-state index contributed by atoms with van der Waals surface area (Å²) in [4.78, 5) is 26.3. The van der Waals surface area contributed by atoms with E-state index in [0.717, 1.165) is 5.56 Å². The number of nitrogens with one attached hydrogen (secondary N) is 1. The van der Waals surface area contributed by atoms with Crippen LogP contribution in [-0.4, -0.2) is 18.4 Å². The molecule has 0 aliphatic carbocycles. The lowest BCUT2D eigenvalue weighted by Crippen LogP contribution is -2.28. The molecule has 2 amide bonds. The van der Waals surface area contributed by atoms with Gasteiger partial charge in [-0.15, -0.1) is 0 Å². The van der Waals surface area contributed by atoms with Crippen molar-refractivity contribution in [1.29, 1.82) is 0 Å². The minimum atomic E-state index is -0.557. The highest BCUT2D eigenvalue weighted by Gasteiger charge is 2.35. The van der Waals surface area contributed by atoms with E-state index in [-0.39, 0.29) is 29.8 Å². The fraction of sp³-hybridized carbons (Fsp3) is 0.222. The summed E-state index contributed by atoms with van der Waals surface area (Å²) in [6.45, 7) is 2.10. The Labute approximate surface area is 154 Å². The highest BCUT2D eigenvalue weighted by atomic mass is 35.5. The van der Waals surface area contributed by atoms with Gasteiger partial charge >= 0.3 is 0 Å². The zero-order chi connectivity index (χ0) is 18.1. The Morgan fingerprint density at radius 3 is 2.72 bits per heavy atom. The third-order valence-electron chi connectivity index (χ3n) is 4.21. The molecule has 25 heavy (non-hydrogen) atoms. The molecule has 0 aromatic heterocycles. The zero-order valence-electron chi connectivity index (χ0n) is 13.4. The Bertz CT molecular complexity index is 857. The van der Waals surface area contributed by atoms with Gasteiger partial charge in [0.15, 0.2) is 0 Å². The van der Waals surface area contributed by atoms with E-state index in [1.807, 2.05) is 6.92 Å². The molecule has 1 aliphatic heterocycles. The molecule has 0 spiro atoms. The number of nitrogens with zero attached hydrogens (tertiary/aromatic N) is 1. The maximum absolute atomic E-state index is 13.2. The van der Waals surface area contributed by atoms with Gasteiger partial charge in [-0.05, 0) is 42.8 Å². The molecule has 1 fully saturated rings. The Hall–Kier alpha value is -2.11. The molecule has 1 atom stereocenters. The third kappa shape index (κ3) is 3.62. The zero-order valence-corrected chi connectivity index (χ0v) is 14.9. The van der Waals surface area contributed by atoms with Crippen molar-refractivity contribution >= 4 is 46.4 Å². The number of rotatable bonds is 3. The van der Waals surface area contributed by atoms with Gasteiger partial charge in [0, 0.05) is 29.4 Å². The number of carbonyl (C=O) groups excluding carboxylic acids is 2. The van der Waals surface area contributed by atoms with Crippen molar-refractivity contribution in [2.45, 2.75) is 13.3 Å². The van der Waals surface area contributed by atoms with Gasteiger partial charge in [-0.25, -0.2) is 4.39 Å². The van der Waals surface area contributed by atoms with E-state index in [1.165, 1.54) is 18.2 Å². The summed E-state index contributed by atoms with van der Waals surface area (Å²) in [5.74, 6) is -1.51. The quantitative estimate of drug-likeness (QED) is 0.855. The standard InChI is InChI=1S/C18H15Cl2FN2O2/c1-10-13(19)3-2-4-16(10)23-9-11(7-17(23)24)18(25)22-12-5-6-15(21)14(20)8-12/h2-6,8,11H,7,9H2,1H3,(H,22,25)/t11-/m1/s1. The molecular weight excluding hydrogens is 366 g/mol. The van der Waals surface area contributed by atoms with Crippen LogP contribution in [0.4, 0.5) is 15.8 Å². The van der Waals surface area contributed by atoms with Gasteiger partial charge in [-0.1, -0.05) is 29.3 Å². The normalized spacial score (nSPS) is 17.0. The third-order valence-corrected chi connectivity index (χ3v) is 4.91. The summed E-state index contributed by atoms with van der Waals surface area (Å²) < 4.78 is 13.2. The first kappa shape index (κ1) is 17.7. The molecule has 1 saturated heterocycles.